The van der Waals surface area contributed by atoms with Crippen molar-refractivity contribution in [3.63, 3.8) is 0 Å². The van der Waals surface area contributed by atoms with Crippen LogP contribution in [0.4, 0.5) is 0 Å². The van der Waals surface area contributed by atoms with Crippen molar-refractivity contribution in [1.82, 2.24) is 0 Å². The van der Waals surface area contributed by atoms with Crippen molar-refractivity contribution < 1.29 is 9.90 Å². The van der Waals surface area contributed by atoms with E-state index in [0.29, 0.717) is 0 Å². The number of benzene rings is 1. The molecule has 0 aliphatic heterocycles. The van der Waals surface area contributed by atoms with Crippen LogP contribution in [-0.2, 0) is 4.79 Å². The zero-order valence-corrected chi connectivity index (χ0v) is 11.3. The molecule has 86 valence electrons. The Hall–Kier alpha value is -0.480. The molecule has 0 bridgehead atoms. The van der Waals surface area contributed by atoms with E-state index in [1.165, 1.54) is 11.8 Å². The molecule has 0 heterocycles. The Morgan fingerprint density at radius 1 is 1.56 bits per heavy atom. The number of hydrogen-bond acceptors (Lipinski definition) is 2. The first-order valence-corrected chi connectivity index (χ1v) is 6.84. The average Bonchev–Trinajstić information content (AvgIpc) is 2.25. The third kappa shape index (κ3) is 1.89. The molecule has 1 aliphatic rings. The molecular weight excluding hydrogens is 288 g/mol. The minimum atomic E-state index is -0.688. The molecule has 0 radical (unpaired) electrons. The second-order valence-corrected chi connectivity index (χ2v) is 6.39. The highest BCUT2D eigenvalue weighted by Crippen LogP contribution is 2.52. The summed E-state index contributed by atoms with van der Waals surface area (Å²) in [7, 11) is 0. The van der Waals surface area contributed by atoms with Crippen molar-refractivity contribution in [3.8, 4) is 0 Å². The Kier molecular flexibility index (Phi) is 3.31. The molecule has 2 rings (SSSR count). The molecule has 0 saturated heterocycles. The lowest BCUT2D eigenvalue weighted by Crippen LogP contribution is -2.49. The van der Waals surface area contributed by atoms with Gasteiger partial charge in [0.1, 0.15) is 4.75 Å². The highest BCUT2D eigenvalue weighted by molar-refractivity contribution is 9.10. The third-order valence-electron chi connectivity index (χ3n) is 3.24. The van der Waals surface area contributed by atoms with Gasteiger partial charge in [0.15, 0.2) is 0 Å². The quantitative estimate of drug-likeness (QED) is 0.923. The molecule has 1 N–H and O–H groups in total. The lowest BCUT2D eigenvalue weighted by atomic mass is 9.74. The van der Waals surface area contributed by atoms with Crippen LogP contribution in [0, 0.1) is 5.92 Å². The minimum Gasteiger partial charge on any atom is -0.480 e. The fraction of sp³-hybridized carbons (Fsp3) is 0.417. The van der Waals surface area contributed by atoms with Crippen LogP contribution in [-0.4, -0.2) is 15.8 Å². The summed E-state index contributed by atoms with van der Waals surface area (Å²) in [6.45, 7) is 2.02. The van der Waals surface area contributed by atoms with E-state index in [9.17, 15) is 9.90 Å². The van der Waals surface area contributed by atoms with Crippen molar-refractivity contribution in [2.24, 2.45) is 5.92 Å². The van der Waals surface area contributed by atoms with Crippen LogP contribution in [0.15, 0.2) is 33.6 Å². The fourth-order valence-corrected chi connectivity index (χ4v) is 3.79. The molecule has 1 aliphatic carbocycles. The smallest absolute Gasteiger partial charge is 0.320 e. The van der Waals surface area contributed by atoms with Crippen LogP contribution in [0.5, 0.6) is 0 Å². The van der Waals surface area contributed by atoms with Crippen LogP contribution in [0.3, 0.4) is 0 Å². The molecule has 16 heavy (non-hydrogen) atoms. The summed E-state index contributed by atoms with van der Waals surface area (Å²) in [5.74, 6) is -0.450. The van der Waals surface area contributed by atoms with E-state index < -0.39 is 10.7 Å². The highest BCUT2D eigenvalue weighted by atomic mass is 79.9. The summed E-state index contributed by atoms with van der Waals surface area (Å²) in [6, 6.07) is 7.78. The zero-order chi connectivity index (χ0) is 11.8. The molecule has 1 aromatic carbocycles. The van der Waals surface area contributed by atoms with Crippen molar-refractivity contribution in [2.75, 3.05) is 0 Å². The van der Waals surface area contributed by atoms with E-state index in [4.69, 9.17) is 0 Å². The normalized spacial score (nSPS) is 28.5. The Labute approximate surface area is 108 Å². The predicted octanol–water partition coefficient (Wildman–Crippen LogP) is 3.79. The molecule has 0 amide bonds. The van der Waals surface area contributed by atoms with Gasteiger partial charge in [-0.15, -0.1) is 11.8 Å². The van der Waals surface area contributed by atoms with E-state index in [-0.39, 0.29) is 5.92 Å². The van der Waals surface area contributed by atoms with Crippen LogP contribution >= 0.6 is 27.7 Å². The van der Waals surface area contributed by atoms with Crippen LogP contribution in [0.25, 0.3) is 0 Å². The van der Waals surface area contributed by atoms with Gasteiger partial charge in [0.2, 0.25) is 0 Å². The van der Waals surface area contributed by atoms with E-state index >= 15 is 0 Å². The summed E-state index contributed by atoms with van der Waals surface area (Å²) >= 11 is 4.93. The van der Waals surface area contributed by atoms with E-state index in [1.54, 1.807) is 0 Å². The first kappa shape index (κ1) is 12.0. The molecular formula is C12H13BrO2S. The van der Waals surface area contributed by atoms with Gasteiger partial charge in [0, 0.05) is 9.37 Å². The van der Waals surface area contributed by atoms with Crippen molar-refractivity contribution in [1.29, 1.82) is 0 Å². The van der Waals surface area contributed by atoms with Gasteiger partial charge in [0.05, 0.1) is 0 Å². The van der Waals surface area contributed by atoms with Crippen molar-refractivity contribution in [2.45, 2.75) is 29.4 Å². The molecule has 1 saturated carbocycles. The summed E-state index contributed by atoms with van der Waals surface area (Å²) in [5, 5.41) is 9.37. The Morgan fingerprint density at radius 2 is 2.25 bits per heavy atom. The second-order valence-electron chi connectivity index (χ2n) is 4.17. The number of carboxylic acids is 1. The van der Waals surface area contributed by atoms with Gasteiger partial charge >= 0.3 is 5.97 Å². The third-order valence-corrected chi connectivity index (χ3v) is 5.91. The van der Waals surface area contributed by atoms with Crippen LogP contribution in [0.1, 0.15) is 19.8 Å². The Bertz CT molecular complexity index is 421. The number of carboxylic acid groups (broad SMARTS) is 1. The first-order chi connectivity index (χ1) is 7.56. The lowest BCUT2D eigenvalue weighted by Gasteiger charge is -2.43. The van der Waals surface area contributed by atoms with E-state index in [1.807, 2.05) is 31.2 Å². The first-order valence-electron chi connectivity index (χ1n) is 5.23. The largest absolute Gasteiger partial charge is 0.480 e. The molecule has 0 spiro atoms. The molecule has 2 nitrogen and oxygen atoms in total. The maximum Gasteiger partial charge on any atom is 0.320 e. The molecule has 4 heteroatoms. The van der Waals surface area contributed by atoms with Gasteiger partial charge in [-0.1, -0.05) is 19.1 Å². The molecule has 1 aromatic rings. The Morgan fingerprint density at radius 3 is 2.69 bits per heavy atom. The lowest BCUT2D eigenvalue weighted by molar-refractivity contribution is -0.144. The standard InChI is InChI=1S/C12H13BrO2S/c1-8-6-7-12(8,11(14)15)16-10-5-3-2-4-9(10)13/h2-5,8H,6-7H2,1H3,(H,14,15). The topological polar surface area (TPSA) is 37.3 Å². The maximum atomic E-state index is 11.4. The van der Waals surface area contributed by atoms with Crippen molar-refractivity contribution in [3.05, 3.63) is 28.7 Å². The second kappa shape index (κ2) is 4.41. The van der Waals surface area contributed by atoms with Gasteiger partial charge in [-0.3, -0.25) is 4.79 Å². The van der Waals surface area contributed by atoms with Gasteiger partial charge in [-0.05, 0) is 46.8 Å². The number of thioether (sulfide) groups is 1. The number of rotatable bonds is 3. The Balaban J connectivity index is 2.26. The number of aliphatic carboxylic acids is 1. The van der Waals surface area contributed by atoms with Gasteiger partial charge in [-0.25, -0.2) is 0 Å². The summed E-state index contributed by atoms with van der Waals surface area (Å²) in [6.07, 6.45) is 1.76. The average molecular weight is 301 g/mol. The highest BCUT2D eigenvalue weighted by Gasteiger charge is 2.51. The molecule has 0 aromatic heterocycles. The van der Waals surface area contributed by atoms with Gasteiger partial charge in [-0.2, -0.15) is 0 Å². The van der Waals surface area contributed by atoms with E-state index in [2.05, 4.69) is 15.9 Å². The number of halogens is 1. The number of carbonyl (C=O) groups is 1. The van der Waals surface area contributed by atoms with Crippen LogP contribution in [0.2, 0.25) is 0 Å². The molecule has 2 atom stereocenters. The van der Waals surface area contributed by atoms with Gasteiger partial charge < -0.3 is 5.11 Å². The monoisotopic (exact) mass is 300 g/mol. The van der Waals surface area contributed by atoms with Gasteiger partial charge in [0.25, 0.3) is 0 Å². The summed E-state index contributed by atoms with van der Waals surface area (Å²) in [4.78, 5) is 12.4. The summed E-state index contributed by atoms with van der Waals surface area (Å²) in [5.41, 5.74) is 0. The fourth-order valence-electron chi connectivity index (χ4n) is 1.93. The van der Waals surface area contributed by atoms with Crippen LogP contribution < -0.4 is 0 Å². The van der Waals surface area contributed by atoms with Crippen molar-refractivity contribution >= 4 is 33.7 Å². The van der Waals surface area contributed by atoms with E-state index in [0.717, 1.165) is 22.2 Å². The SMILES string of the molecule is CC1CCC1(Sc1ccccc1Br)C(=O)O. The number of hydrogen-bond donors (Lipinski definition) is 1. The minimum absolute atomic E-state index is 0.238. The maximum absolute atomic E-state index is 11.4. The predicted molar refractivity (Wildman–Crippen MR) is 68.8 cm³/mol. The summed E-state index contributed by atoms with van der Waals surface area (Å²) < 4.78 is 0.351. The molecule has 2 unspecified atom stereocenters. The zero-order valence-electron chi connectivity index (χ0n) is 8.94. The molecule has 1 fully saturated rings.